The molecule has 107 heavy (non-hydrogen) atoms. The summed E-state index contributed by atoms with van der Waals surface area (Å²) in [6, 6.07) is 53.7. The standard InChI is InChI=1S/C85H78N6O16/c1-83(2,3)105-80(99)64-32-61(77(96)102-47-50-20-13-10-14-21-50)41-70(44-64)89-86-67-35-55-28-53-26-19-27-54(73(53)92)29-56-36-68(87-90-71-42-62(33-65(45-71)81(100)106-84(4,5)6)78(97)103-48-51-22-15-11-16-23-51)38-58(75(56)94)31-60-40-69(39-59(76(60)95)30-57(37-67)74(55)93)88-91-72-43-63(34-66(46-72)82(101)107-85(7,8)9)79(98)104-49-52-24-17-12-18-25-52/h10-27,32-46,92-95H,28-31,47-49H2,1-9H3. The molecule has 0 unspecified atom stereocenters. The van der Waals surface area contributed by atoms with Crippen molar-refractivity contribution in [2.45, 2.75) is 125 Å². The Morgan fingerprint density at radius 2 is 0.477 bits per heavy atom. The van der Waals surface area contributed by atoms with Crippen molar-refractivity contribution in [3.8, 4) is 23.0 Å². The maximum Gasteiger partial charge on any atom is 0.338 e. The summed E-state index contributed by atoms with van der Waals surface area (Å²) in [4.78, 5) is 82.4. The molecule has 0 spiro atoms. The number of benzene rings is 10. The first-order valence-corrected chi connectivity index (χ1v) is 34.3. The van der Waals surface area contributed by atoms with Crippen LogP contribution in [0.4, 0.5) is 34.1 Å². The highest BCUT2D eigenvalue weighted by Crippen LogP contribution is 2.43. The Bertz CT molecular complexity index is 4910. The molecule has 11 rings (SSSR count). The Balaban J connectivity index is 1.04. The van der Waals surface area contributed by atoms with Crippen LogP contribution in [0.25, 0.3) is 0 Å². The summed E-state index contributed by atoms with van der Waals surface area (Å²) >= 11 is 0. The number of aromatic hydroxyl groups is 4. The lowest BCUT2D eigenvalue weighted by atomic mass is 9.90. The van der Waals surface area contributed by atoms with E-state index in [0.717, 1.165) is 11.1 Å². The highest BCUT2D eigenvalue weighted by molar-refractivity contribution is 5.99. The molecule has 10 aromatic rings. The molecular weight excluding hydrogens is 1360 g/mol. The number of phenols is 4. The zero-order valence-corrected chi connectivity index (χ0v) is 60.4. The van der Waals surface area contributed by atoms with Crippen LogP contribution in [0.15, 0.2) is 231 Å². The molecule has 0 fully saturated rings. The first kappa shape index (κ1) is 75.2. The molecule has 0 amide bonds. The van der Waals surface area contributed by atoms with Gasteiger partial charge in [-0.15, -0.1) is 0 Å². The molecule has 1 aliphatic rings. The molecule has 0 aromatic heterocycles. The number of ether oxygens (including phenoxy) is 6. The Morgan fingerprint density at radius 1 is 0.271 bits per heavy atom. The van der Waals surface area contributed by atoms with Crippen LogP contribution in [-0.4, -0.2) is 73.0 Å². The molecule has 0 aliphatic heterocycles. The fourth-order valence-corrected chi connectivity index (χ4v) is 11.4. The minimum Gasteiger partial charge on any atom is -0.507 e. The van der Waals surface area contributed by atoms with E-state index in [0.29, 0.717) is 16.7 Å². The Hall–Kier alpha value is -13.0. The molecule has 4 N–H and O–H groups in total. The quantitative estimate of drug-likeness (QED) is 0.0352. The van der Waals surface area contributed by atoms with Crippen molar-refractivity contribution in [1.29, 1.82) is 0 Å². The smallest absolute Gasteiger partial charge is 0.338 e. The average molecular weight is 1440 g/mol. The zero-order valence-electron chi connectivity index (χ0n) is 60.4. The first-order chi connectivity index (χ1) is 50.9. The van der Waals surface area contributed by atoms with Crippen molar-refractivity contribution in [2.24, 2.45) is 30.7 Å². The van der Waals surface area contributed by atoms with Gasteiger partial charge in [-0.2, -0.15) is 30.7 Å². The van der Waals surface area contributed by atoms with Crippen LogP contribution in [0.1, 0.15) is 186 Å². The normalized spacial score (nSPS) is 12.4. The summed E-state index contributed by atoms with van der Waals surface area (Å²) in [5, 5.41) is 77.5. The molecule has 1 aliphatic carbocycles. The van der Waals surface area contributed by atoms with Gasteiger partial charge in [0.2, 0.25) is 0 Å². The number of rotatable bonds is 18. The number of carbonyl (C=O) groups is 6. The van der Waals surface area contributed by atoms with Gasteiger partial charge in [0.15, 0.2) is 0 Å². The lowest BCUT2D eigenvalue weighted by molar-refractivity contribution is 0.00568. The largest absolute Gasteiger partial charge is 0.507 e. The molecule has 0 radical (unpaired) electrons. The number of hydrogen-bond acceptors (Lipinski definition) is 22. The number of carbonyl (C=O) groups excluding carboxylic acids is 6. The molecule has 22 heteroatoms. The second kappa shape index (κ2) is 32.4. The number of nitrogens with zero attached hydrogens (tertiary/aromatic N) is 6. The van der Waals surface area contributed by atoms with Crippen molar-refractivity contribution in [2.75, 3.05) is 0 Å². The third-order valence-electron chi connectivity index (χ3n) is 16.3. The molecule has 544 valence electrons. The van der Waals surface area contributed by atoms with E-state index >= 15 is 0 Å². The van der Waals surface area contributed by atoms with E-state index in [-0.39, 0.29) is 169 Å². The van der Waals surface area contributed by atoms with E-state index in [1.165, 1.54) is 78.9 Å². The van der Waals surface area contributed by atoms with E-state index in [1.807, 2.05) is 42.5 Å². The molecule has 10 aromatic carbocycles. The van der Waals surface area contributed by atoms with Crippen molar-refractivity contribution in [1.82, 2.24) is 0 Å². The maximum absolute atomic E-state index is 13.8. The van der Waals surface area contributed by atoms with E-state index < -0.39 is 52.6 Å². The van der Waals surface area contributed by atoms with Gasteiger partial charge >= 0.3 is 35.8 Å². The summed E-state index contributed by atoms with van der Waals surface area (Å²) in [5.41, 5.74) is 1.60. The molecule has 0 saturated carbocycles. The Labute approximate surface area is 617 Å². The summed E-state index contributed by atoms with van der Waals surface area (Å²) < 4.78 is 34.1. The van der Waals surface area contributed by atoms with Crippen LogP contribution in [0.3, 0.4) is 0 Å². The fourth-order valence-electron chi connectivity index (χ4n) is 11.4. The Kier molecular flexibility index (Phi) is 22.7. The highest BCUT2D eigenvalue weighted by Gasteiger charge is 2.27. The van der Waals surface area contributed by atoms with Gasteiger partial charge in [-0.1, -0.05) is 109 Å². The molecule has 0 heterocycles. The number of fused-ring (bicyclic) bond motifs is 8. The van der Waals surface area contributed by atoms with Crippen LogP contribution in [0, 0.1) is 0 Å². The van der Waals surface area contributed by atoms with Gasteiger partial charge in [-0.05, 0) is 181 Å². The third kappa shape index (κ3) is 20.5. The second-order valence-electron chi connectivity index (χ2n) is 28.6. The van der Waals surface area contributed by atoms with Gasteiger partial charge < -0.3 is 48.8 Å². The van der Waals surface area contributed by atoms with E-state index in [4.69, 9.17) is 28.4 Å². The van der Waals surface area contributed by atoms with Crippen LogP contribution >= 0.6 is 0 Å². The molecule has 0 saturated heterocycles. The summed E-state index contributed by atoms with van der Waals surface area (Å²) in [5.74, 6) is -5.53. The maximum atomic E-state index is 13.8. The van der Waals surface area contributed by atoms with Gasteiger partial charge in [-0.3, -0.25) is 0 Å². The first-order valence-electron chi connectivity index (χ1n) is 34.3. The lowest BCUT2D eigenvalue weighted by Crippen LogP contribution is -2.24. The number of esters is 6. The summed E-state index contributed by atoms with van der Waals surface area (Å²) in [6.07, 6.45) is -0.774. The molecule has 0 atom stereocenters. The van der Waals surface area contributed by atoms with Crippen molar-refractivity contribution in [3.63, 3.8) is 0 Å². The van der Waals surface area contributed by atoms with E-state index in [1.54, 1.807) is 141 Å². The molecule has 8 bridgehead atoms. The summed E-state index contributed by atoms with van der Waals surface area (Å²) in [7, 11) is 0. The predicted molar refractivity (Wildman–Crippen MR) is 398 cm³/mol. The Morgan fingerprint density at radius 3 is 0.710 bits per heavy atom. The molecular formula is C85H78N6O16. The molecule has 22 nitrogen and oxygen atoms in total. The predicted octanol–water partition coefficient (Wildman–Crippen LogP) is 19.4. The average Bonchev–Trinajstić information content (AvgIpc) is 0.786. The van der Waals surface area contributed by atoms with Gasteiger partial charge in [0, 0.05) is 59.1 Å². The van der Waals surface area contributed by atoms with Gasteiger partial charge in [0.05, 0.1) is 67.5 Å². The SMILES string of the molecule is CC(C)(C)OC(=O)c1cc(N=Nc2cc3c(O)c(c2)Cc2cc(N=Nc4cc(C(=O)OCc5ccccc5)cc(C(=O)OC(C)(C)C)c4)cc(c2O)Cc2cc(N=Nc4cc(C(=O)OCc5ccccc5)cc(C(=O)OC(C)(C)C)c4)cc(c2O)Cc2cccc(c2O)C3)cc(C(=O)OCc2ccccc2)c1. The van der Waals surface area contributed by atoms with Crippen molar-refractivity contribution < 1.29 is 77.6 Å². The van der Waals surface area contributed by atoms with Crippen LogP contribution in [0.5, 0.6) is 23.0 Å². The number of azo groups is 3. The van der Waals surface area contributed by atoms with Crippen LogP contribution < -0.4 is 0 Å². The topological polar surface area (TPSA) is 313 Å². The fraction of sp³-hybridized carbons (Fsp3) is 0.224. The van der Waals surface area contributed by atoms with E-state index in [9.17, 15) is 49.2 Å². The van der Waals surface area contributed by atoms with Gasteiger partial charge in [0.1, 0.15) is 59.6 Å². The van der Waals surface area contributed by atoms with Gasteiger partial charge in [-0.25, -0.2) is 28.8 Å². The number of phenolic OH excluding ortho intramolecular Hbond substituents is 4. The van der Waals surface area contributed by atoms with Crippen LogP contribution in [-0.2, 0) is 73.9 Å². The zero-order chi connectivity index (χ0) is 76.3. The van der Waals surface area contributed by atoms with Crippen molar-refractivity contribution in [3.05, 3.63) is 295 Å². The second-order valence-corrected chi connectivity index (χ2v) is 28.6. The minimum atomic E-state index is -0.932. The van der Waals surface area contributed by atoms with Crippen LogP contribution in [0.2, 0.25) is 0 Å². The lowest BCUT2D eigenvalue weighted by Gasteiger charge is -2.19. The third-order valence-corrected chi connectivity index (χ3v) is 16.3. The minimum absolute atomic E-state index is 0.0176. The number of hydrogen-bond donors (Lipinski definition) is 4. The van der Waals surface area contributed by atoms with E-state index in [2.05, 4.69) is 30.7 Å². The number of para-hydroxylation sites is 1. The van der Waals surface area contributed by atoms with Crippen molar-refractivity contribution >= 4 is 69.9 Å². The van der Waals surface area contributed by atoms with Gasteiger partial charge in [0.25, 0.3) is 0 Å². The summed E-state index contributed by atoms with van der Waals surface area (Å²) in [6.45, 7) is 15.1. The highest BCUT2D eigenvalue weighted by atomic mass is 16.6. The monoisotopic (exact) mass is 1440 g/mol.